The van der Waals surface area contributed by atoms with Crippen molar-refractivity contribution in [2.45, 2.75) is 33.2 Å². The van der Waals surface area contributed by atoms with E-state index in [4.69, 9.17) is 18.7 Å². The van der Waals surface area contributed by atoms with Gasteiger partial charge < -0.3 is 24.1 Å². The minimum absolute atomic E-state index is 0.611. The zero-order valence-corrected chi connectivity index (χ0v) is 13.2. The van der Waals surface area contributed by atoms with Crippen LogP contribution in [0.2, 0.25) is 0 Å². The van der Waals surface area contributed by atoms with Crippen LogP contribution in [0.4, 0.5) is 0 Å². The molecule has 0 atom stereocenters. The Balaban J connectivity index is 1.74. The summed E-state index contributed by atoms with van der Waals surface area (Å²) in [6, 6.07) is 1.92. The summed E-state index contributed by atoms with van der Waals surface area (Å²) in [5.41, 5.74) is 0.916. The third kappa shape index (κ3) is 10.4. The lowest BCUT2D eigenvalue weighted by Crippen LogP contribution is -2.20. The quantitative estimate of drug-likeness (QED) is 0.530. The van der Waals surface area contributed by atoms with Gasteiger partial charge in [0.05, 0.1) is 38.7 Å². The highest BCUT2D eigenvalue weighted by molar-refractivity contribution is 5.02. The summed E-state index contributed by atoms with van der Waals surface area (Å²) in [5.74, 6) is 0.832. The molecule has 0 spiro atoms. The van der Waals surface area contributed by atoms with Gasteiger partial charge in [-0.15, -0.1) is 0 Å². The van der Waals surface area contributed by atoms with Gasteiger partial charge in [-0.2, -0.15) is 0 Å². The van der Waals surface area contributed by atoms with Crippen molar-refractivity contribution in [1.82, 2.24) is 10.5 Å². The number of nitrogens with one attached hydrogen (secondary N) is 1. The Kier molecular flexibility index (Phi) is 11.0. The van der Waals surface area contributed by atoms with Crippen LogP contribution in [0.25, 0.3) is 0 Å². The van der Waals surface area contributed by atoms with Crippen LogP contribution in [0.3, 0.4) is 0 Å². The number of nitrogens with zero attached hydrogens (tertiary/aromatic N) is 1. The molecule has 6 heteroatoms. The molecule has 0 saturated carbocycles. The van der Waals surface area contributed by atoms with Crippen molar-refractivity contribution in [3.05, 3.63) is 17.5 Å². The van der Waals surface area contributed by atoms with Gasteiger partial charge in [0.15, 0.2) is 0 Å². The van der Waals surface area contributed by atoms with Gasteiger partial charge in [0.1, 0.15) is 5.76 Å². The van der Waals surface area contributed by atoms with Crippen LogP contribution in [-0.4, -0.2) is 51.3 Å². The fourth-order valence-corrected chi connectivity index (χ4v) is 1.65. The van der Waals surface area contributed by atoms with Gasteiger partial charge >= 0.3 is 0 Å². The Bertz CT molecular complexity index is 344. The van der Waals surface area contributed by atoms with Crippen molar-refractivity contribution in [3.63, 3.8) is 0 Å². The second-order valence-corrected chi connectivity index (χ2v) is 4.80. The van der Waals surface area contributed by atoms with Gasteiger partial charge in [0.25, 0.3) is 0 Å². The molecule has 1 aromatic rings. The molecule has 0 unspecified atom stereocenters. The van der Waals surface area contributed by atoms with Gasteiger partial charge in [-0.3, -0.25) is 0 Å². The molecular weight excluding hydrogens is 272 g/mol. The van der Waals surface area contributed by atoms with Crippen LogP contribution in [0, 0.1) is 6.92 Å². The van der Waals surface area contributed by atoms with Crippen LogP contribution in [-0.2, 0) is 20.8 Å². The topological polar surface area (TPSA) is 65.8 Å². The third-order valence-electron chi connectivity index (χ3n) is 2.79. The Morgan fingerprint density at radius 2 is 1.71 bits per heavy atom. The second-order valence-electron chi connectivity index (χ2n) is 4.80. The molecule has 1 rings (SSSR count). The Labute approximate surface area is 127 Å². The SMILES string of the molecule is CCCCOCCOCCOCCNCc1cc(C)on1. The largest absolute Gasteiger partial charge is 0.379 e. The summed E-state index contributed by atoms with van der Waals surface area (Å²) in [6.45, 7) is 9.53. The molecule has 1 heterocycles. The molecule has 122 valence electrons. The molecule has 0 saturated heterocycles. The second kappa shape index (κ2) is 12.8. The summed E-state index contributed by atoms with van der Waals surface area (Å²) >= 11 is 0. The summed E-state index contributed by atoms with van der Waals surface area (Å²) < 4.78 is 21.2. The number of ether oxygens (including phenoxy) is 3. The molecule has 0 bridgehead atoms. The highest BCUT2D eigenvalue weighted by atomic mass is 16.5. The number of unbranched alkanes of at least 4 members (excludes halogenated alkanes) is 1. The van der Waals surface area contributed by atoms with E-state index >= 15 is 0 Å². The monoisotopic (exact) mass is 300 g/mol. The van der Waals surface area contributed by atoms with Crippen LogP contribution in [0.1, 0.15) is 31.2 Å². The number of aromatic nitrogens is 1. The molecule has 1 N–H and O–H groups in total. The molecule has 0 aromatic carbocycles. The fourth-order valence-electron chi connectivity index (χ4n) is 1.65. The average Bonchev–Trinajstić information content (AvgIpc) is 2.89. The average molecular weight is 300 g/mol. The third-order valence-corrected chi connectivity index (χ3v) is 2.79. The molecule has 0 radical (unpaired) electrons. The van der Waals surface area contributed by atoms with Crippen LogP contribution >= 0.6 is 0 Å². The molecule has 0 aliphatic carbocycles. The van der Waals surface area contributed by atoms with Gasteiger partial charge in [0, 0.05) is 25.8 Å². The summed E-state index contributed by atoms with van der Waals surface area (Å²) in [7, 11) is 0. The molecule has 0 fully saturated rings. The molecular formula is C15H28N2O4. The first-order valence-electron chi connectivity index (χ1n) is 7.69. The van der Waals surface area contributed by atoms with Crippen LogP contribution in [0.15, 0.2) is 10.6 Å². The van der Waals surface area contributed by atoms with E-state index in [9.17, 15) is 0 Å². The number of hydrogen-bond donors (Lipinski definition) is 1. The normalized spacial score (nSPS) is 11.1. The molecule has 0 amide bonds. The molecule has 21 heavy (non-hydrogen) atoms. The van der Waals surface area contributed by atoms with E-state index in [-0.39, 0.29) is 0 Å². The van der Waals surface area contributed by atoms with Crippen molar-refractivity contribution >= 4 is 0 Å². The fraction of sp³-hybridized carbons (Fsp3) is 0.800. The Hall–Kier alpha value is -0.950. The smallest absolute Gasteiger partial charge is 0.133 e. The number of rotatable bonds is 14. The van der Waals surface area contributed by atoms with Crippen molar-refractivity contribution < 1.29 is 18.7 Å². The van der Waals surface area contributed by atoms with Crippen LogP contribution in [0.5, 0.6) is 0 Å². The summed E-state index contributed by atoms with van der Waals surface area (Å²) in [5, 5.41) is 7.14. The van der Waals surface area contributed by atoms with Gasteiger partial charge in [-0.25, -0.2) is 0 Å². The summed E-state index contributed by atoms with van der Waals surface area (Å²) in [4.78, 5) is 0. The van der Waals surface area contributed by atoms with Crippen LogP contribution < -0.4 is 5.32 Å². The van der Waals surface area contributed by atoms with Gasteiger partial charge in [-0.1, -0.05) is 18.5 Å². The lowest BCUT2D eigenvalue weighted by atomic mass is 10.4. The van der Waals surface area contributed by atoms with E-state index in [1.807, 2.05) is 13.0 Å². The number of aryl methyl sites for hydroxylation is 1. The van der Waals surface area contributed by atoms with E-state index < -0.39 is 0 Å². The predicted molar refractivity (Wildman–Crippen MR) is 80.3 cm³/mol. The molecule has 1 aromatic heterocycles. The highest BCUT2D eigenvalue weighted by Crippen LogP contribution is 2.00. The van der Waals surface area contributed by atoms with E-state index in [0.717, 1.165) is 31.0 Å². The highest BCUT2D eigenvalue weighted by Gasteiger charge is 1.98. The minimum Gasteiger partial charge on any atom is -0.379 e. The Morgan fingerprint density at radius 1 is 1.05 bits per heavy atom. The first-order chi connectivity index (χ1) is 10.3. The predicted octanol–water partition coefficient (Wildman–Crippen LogP) is 1.92. The summed E-state index contributed by atoms with van der Waals surface area (Å²) in [6.07, 6.45) is 2.28. The van der Waals surface area contributed by atoms with E-state index in [1.54, 1.807) is 0 Å². The van der Waals surface area contributed by atoms with Crippen molar-refractivity contribution in [2.24, 2.45) is 0 Å². The molecule has 6 nitrogen and oxygen atoms in total. The molecule has 0 aliphatic heterocycles. The van der Waals surface area contributed by atoms with E-state index in [1.165, 1.54) is 6.42 Å². The maximum Gasteiger partial charge on any atom is 0.133 e. The first-order valence-corrected chi connectivity index (χ1v) is 7.69. The van der Waals surface area contributed by atoms with Crippen molar-refractivity contribution in [1.29, 1.82) is 0 Å². The maximum absolute atomic E-state index is 5.45. The lowest BCUT2D eigenvalue weighted by Gasteiger charge is -2.07. The zero-order valence-electron chi connectivity index (χ0n) is 13.2. The van der Waals surface area contributed by atoms with E-state index in [0.29, 0.717) is 39.6 Å². The molecule has 0 aliphatic rings. The Morgan fingerprint density at radius 3 is 2.33 bits per heavy atom. The van der Waals surface area contributed by atoms with Crippen molar-refractivity contribution in [3.8, 4) is 0 Å². The van der Waals surface area contributed by atoms with Gasteiger partial charge in [0.2, 0.25) is 0 Å². The minimum atomic E-state index is 0.611. The number of hydrogen-bond acceptors (Lipinski definition) is 6. The van der Waals surface area contributed by atoms with Gasteiger partial charge in [-0.05, 0) is 13.3 Å². The first kappa shape index (κ1) is 18.1. The van der Waals surface area contributed by atoms with E-state index in [2.05, 4.69) is 17.4 Å². The van der Waals surface area contributed by atoms with Crippen molar-refractivity contribution in [2.75, 3.05) is 46.2 Å². The zero-order chi connectivity index (χ0) is 15.2. The maximum atomic E-state index is 5.45. The lowest BCUT2D eigenvalue weighted by molar-refractivity contribution is 0.0146. The standard InChI is InChI=1S/C15H28N2O4/c1-3-4-6-18-8-10-20-11-9-19-7-5-16-13-15-12-14(2)21-17-15/h12,16H,3-11,13H2,1-2H3.